The first-order chi connectivity index (χ1) is 1.00. The van der Waals surface area contributed by atoms with Crippen LogP contribution < -0.4 is 0 Å². The third kappa shape index (κ3) is 21.7. The minimum atomic E-state index is 0. The van der Waals surface area contributed by atoms with Gasteiger partial charge in [0, 0.05) is 33.8 Å². The van der Waals surface area contributed by atoms with Crippen molar-refractivity contribution in [3.05, 3.63) is 6.57 Å². The van der Waals surface area contributed by atoms with Crippen molar-refractivity contribution in [2.45, 2.75) is 0 Å². The number of hydrogen-bond acceptors (Lipinski definition) is 1. The Kier molecular flexibility index (Phi) is 508. The Bertz CT molecular complexity index is 12.8. The van der Waals surface area contributed by atoms with E-state index in [-0.39, 0.29) is 33.8 Å². The summed E-state index contributed by atoms with van der Waals surface area (Å²) in [5, 5.41) is 6.25. The van der Waals surface area contributed by atoms with E-state index in [1.165, 1.54) is 0 Å². The molecule has 0 saturated heterocycles. The van der Waals surface area contributed by atoms with Gasteiger partial charge < -0.3 is 11.8 Å². The molecule has 0 aliphatic rings. The normalized spacial score (nSPS) is 0.500. The first kappa shape index (κ1) is 24.3. The van der Waals surface area contributed by atoms with Gasteiger partial charge in [0.1, 0.15) is 0 Å². The van der Waals surface area contributed by atoms with Gasteiger partial charge in [-0.25, -0.2) is 0 Å². The van der Waals surface area contributed by atoms with E-state index in [2.05, 4.69) is 0 Å². The van der Waals surface area contributed by atoms with Crippen LogP contribution >= 0.6 is 0 Å². The quantitative estimate of drug-likeness (QED) is 0.345. The molecule has 2 radical (unpaired) electrons. The fourth-order valence-electron chi connectivity index (χ4n) is 0. The molecule has 0 atom stereocenters. The van der Waals surface area contributed by atoms with Gasteiger partial charge in [0.05, 0.1) is 0 Å². The summed E-state index contributed by atoms with van der Waals surface area (Å²) >= 11 is 0. The molecule has 26 valence electrons. The molecular formula is CCoMnN-. The summed E-state index contributed by atoms with van der Waals surface area (Å²) in [4.78, 5) is 0. The largest absolute Gasteiger partial charge is 0.512 e. The zero-order valence-electron chi connectivity index (χ0n) is 1.66. The molecule has 0 aromatic carbocycles. The zero-order chi connectivity index (χ0) is 2.00. The molecule has 0 aliphatic heterocycles. The van der Waals surface area contributed by atoms with Gasteiger partial charge in [-0.05, 0) is 0 Å². The monoisotopic (exact) mass is 140 g/mol. The predicted octanol–water partition coefficient (Wildman–Crippen LogP) is 0.0914. The molecule has 0 aromatic heterocycles. The predicted molar refractivity (Wildman–Crippen MR) is 4.97 cm³/mol. The Hall–Kier alpha value is 0.516. The molecule has 0 amide bonds. The Morgan fingerprint density at radius 3 is 1.25 bits per heavy atom. The van der Waals surface area contributed by atoms with Crippen molar-refractivity contribution < 1.29 is 33.8 Å². The van der Waals surface area contributed by atoms with Crippen molar-refractivity contribution in [2.75, 3.05) is 0 Å². The van der Waals surface area contributed by atoms with Crippen LogP contribution in [0, 0.1) is 11.8 Å². The summed E-state index contributed by atoms with van der Waals surface area (Å²) in [6.07, 6.45) is 0. The van der Waals surface area contributed by atoms with Gasteiger partial charge in [-0.1, -0.05) is 0 Å². The van der Waals surface area contributed by atoms with Crippen LogP contribution in [0.3, 0.4) is 0 Å². The van der Waals surface area contributed by atoms with Gasteiger partial charge in [-0.15, -0.1) is 0 Å². The number of rotatable bonds is 0. The van der Waals surface area contributed by atoms with Crippen molar-refractivity contribution in [3.63, 3.8) is 0 Å². The molecule has 0 saturated carbocycles. The maximum absolute atomic E-state index is 6.25. The molecule has 0 fully saturated rings. The van der Waals surface area contributed by atoms with E-state index in [0.717, 1.165) is 0 Å². The maximum Gasteiger partial charge on any atom is 0 e. The summed E-state index contributed by atoms with van der Waals surface area (Å²) in [7, 11) is 0. The van der Waals surface area contributed by atoms with Crippen LogP contribution in [-0.4, -0.2) is 0 Å². The van der Waals surface area contributed by atoms with E-state index in [9.17, 15) is 0 Å². The van der Waals surface area contributed by atoms with Gasteiger partial charge in [-0.2, -0.15) is 0 Å². The average Bonchev–Trinajstić information content (AvgIpc) is 1.00. The van der Waals surface area contributed by atoms with E-state index in [1.54, 1.807) is 0 Å². The molecular weight excluding hydrogens is 140 g/mol. The van der Waals surface area contributed by atoms with Crippen molar-refractivity contribution in [3.8, 4) is 0 Å². The molecule has 4 heavy (non-hydrogen) atoms. The van der Waals surface area contributed by atoms with Crippen LogP contribution in [0.5, 0.6) is 0 Å². The third-order valence-corrected chi connectivity index (χ3v) is 0. The van der Waals surface area contributed by atoms with E-state index in [1.807, 2.05) is 0 Å². The number of nitrogens with zero attached hydrogens (tertiary/aromatic N) is 1. The minimum absolute atomic E-state index is 0. The molecule has 0 bridgehead atoms. The molecule has 3 heteroatoms. The summed E-state index contributed by atoms with van der Waals surface area (Å²) in [5.41, 5.74) is 0. The smallest absolute Gasteiger partial charge is 0 e. The standard InChI is InChI=1S/CN.Co.Mn/c1-2;;/q-1;;. The van der Waals surface area contributed by atoms with E-state index in [0.29, 0.717) is 0 Å². The van der Waals surface area contributed by atoms with Crippen molar-refractivity contribution in [2.24, 2.45) is 0 Å². The van der Waals surface area contributed by atoms with Crippen LogP contribution in [-0.2, 0) is 33.8 Å². The fourth-order valence-corrected chi connectivity index (χ4v) is 0. The Labute approximate surface area is 46.0 Å². The second-order valence-corrected chi connectivity index (χ2v) is 0. The van der Waals surface area contributed by atoms with Gasteiger partial charge in [0.2, 0.25) is 0 Å². The summed E-state index contributed by atoms with van der Waals surface area (Å²) in [5.74, 6) is 0. The van der Waals surface area contributed by atoms with Crippen LogP contribution in [0.1, 0.15) is 0 Å². The summed E-state index contributed by atoms with van der Waals surface area (Å²) in [6, 6.07) is 0. The first-order valence-corrected chi connectivity index (χ1v) is 0.224. The SMILES string of the molecule is [C-]#N.[Co].[Mn]. The fraction of sp³-hybridized carbons (Fsp3) is 0. The molecule has 0 unspecified atom stereocenters. The van der Waals surface area contributed by atoms with Crippen molar-refractivity contribution in [1.82, 2.24) is 0 Å². The Balaban J connectivity index is -0.00000000500. The average molecular weight is 140 g/mol. The molecule has 0 aromatic rings. The minimum Gasteiger partial charge on any atom is -0.512 e. The Morgan fingerprint density at radius 2 is 1.25 bits per heavy atom. The van der Waals surface area contributed by atoms with Gasteiger partial charge in [0.15, 0.2) is 0 Å². The molecule has 0 aliphatic carbocycles. The van der Waals surface area contributed by atoms with Crippen molar-refractivity contribution in [1.29, 1.82) is 5.26 Å². The van der Waals surface area contributed by atoms with Gasteiger partial charge >= 0.3 is 0 Å². The van der Waals surface area contributed by atoms with E-state index < -0.39 is 0 Å². The first-order valence-electron chi connectivity index (χ1n) is 0.224. The molecule has 0 N–H and O–H groups in total. The molecule has 0 heterocycles. The molecule has 1 nitrogen and oxygen atoms in total. The van der Waals surface area contributed by atoms with Crippen molar-refractivity contribution >= 4 is 0 Å². The Morgan fingerprint density at radius 1 is 1.25 bits per heavy atom. The van der Waals surface area contributed by atoms with Crippen LogP contribution in [0.15, 0.2) is 0 Å². The maximum atomic E-state index is 6.25. The number of hydrogen-bond donors (Lipinski definition) is 0. The molecule has 0 rings (SSSR count). The van der Waals surface area contributed by atoms with Gasteiger partial charge in [-0.3, -0.25) is 0 Å². The zero-order valence-corrected chi connectivity index (χ0v) is 3.88. The second kappa shape index (κ2) is 83.6. The third-order valence-electron chi connectivity index (χ3n) is 0. The van der Waals surface area contributed by atoms with Crippen LogP contribution in [0.25, 0.3) is 0 Å². The van der Waals surface area contributed by atoms with Crippen LogP contribution in [0.4, 0.5) is 0 Å². The summed E-state index contributed by atoms with van der Waals surface area (Å²) in [6.45, 7) is 4.75. The second-order valence-electron chi connectivity index (χ2n) is 0. The molecule has 0 spiro atoms. The van der Waals surface area contributed by atoms with Crippen LogP contribution in [0.2, 0.25) is 0 Å². The van der Waals surface area contributed by atoms with E-state index in [4.69, 9.17) is 11.8 Å². The summed E-state index contributed by atoms with van der Waals surface area (Å²) < 4.78 is 0. The van der Waals surface area contributed by atoms with E-state index >= 15 is 0 Å². The van der Waals surface area contributed by atoms with Gasteiger partial charge in [0.25, 0.3) is 0 Å². The topological polar surface area (TPSA) is 23.8 Å².